The van der Waals surface area contributed by atoms with Crippen LogP contribution in [0, 0.1) is 5.92 Å². The zero-order valence-corrected chi connectivity index (χ0v) is 16.9. The Balaban J connectivity index is 1.38. The van der Waals surface area contributed by atoms with E-state index in [1.54, 1.807) is 24.3 Å². The van der Waals surface area contributed by atoms with Crippen molar-refractivity contribution in [3.63, 3.8) is 0 Å². The summed E-state index contributed by atoms with van der Waals surface area (Å²) in [7, 11) is 0. The lowest BCUT2D eigenvalue weighted by Gasteiger charge is -2.33. The van der Waals surface area contributed by atoms with Crippen LogP contribution in [-0.4, -0.2) is 47.8 Å². The van der Waals surface area contributed by atoms with Gasteiger partial charge in [-0.15, -0.1) is 0 Å². The molecule has 2 N–H and O–H groups in total. The first-order chi connectivity index (χ1) is 14.6. The van der Waals surface area contributed by atoms with Crippen molar-refractivity contribution >= 4 is 17.7 Å². The van der Waals surface area contributed by atoms with Crippen molar-refractivity contribution in [2.24, 2.45) is 5.92 Å². The van der Waals surface area contributed by atoms with Gasteiger partial charge in [0.25, 0.3) is 11.8 Å². The molecule has 0 bridgehead atoms. The summed E-state index contributed by atoms with van der Waals surface area (Å²) in [6, 6.07) is 12.1. The summed E-state index contributed by atoms with van der Waals surface area (Å²) >= 11 is 0. The van der Waals surface area contributed by atoms with Crippen molar-refractivity contribution in [3.05, 3.63) is 60.1 Å². The number of rotatable bonds is 6. The first-order valence-corrected chi connectivity index (χ1v) is 10.6. The number of hydrogen-bond acceptors (Lipinski definition) is 4. The third-order valence-corrected chi connectivity index (χ3v) is 6.10. The zero-order chi connectivity index (χ0) is 20.9. The molecule has 3 unspecified atom stereocenters. The Morgan fingerprint density at radius 3 is 2.50 bits per heavy atom. The van der Waals surface area contributed by atoms with Crippen molar-refractivity contribution in [2.75, 3.05) is 13.1 Å². The maximum absolute atomic E-state index is 13.2. The van der Waals surface area contributed by atoms with Gasteiger partial charge in [-0.3, -0.25) is 14.4 Å². The van der Waals surface area contributed by atoms with Crippen molar-refractivity contribution in [3.8, 4) is 0 Å². The van der Waals surface area contributed by atoms with Gasteiger partial charge in [0, 0.05) is 24.7 Å². The number of nitrogens with zero attached hydrogens (tertiary/aromatic N) is 1. The molecule has 2 aliphatic rings. The quantitative estimate of drug-likeness (QED) is 0.718. The maximum Gasteiger partial charge on any atom is 0.287 e. The van der Waals surface area contributed by atoms with Crippen LogP contribution >= 0.6 is 0 Å². The van der Waals surface area contributed by atoms with Gasteiger partial charge in [-0.1, -0.05) is 31.0 Å². The number of amides is 3. The van der Waals surface area contributed by atoms with E-state index in [2.05, 4.69) is 10.6 Å². The number of carbonyl (C=O) groups excluding carboxylic acids is 3. The van der Waals surface area contributed by atoms with Gasteiger partial charge in [-0.05, 0) is 49.4 Å². The molecule has 1 aromatic carbocycles. The summed E-state index contributed by atoms with van der Waals surface area (Å²) in [5.74, 6) is 0.0702. The molecule has 7 nitrogen and oxygen atoms in total. The van der Waals surface area contributed by atoms with Gasteiger partial charge in [0.2, 0.25) is 5.91 Å². The van der Waals surface area contributed by atoms with Gasteiger partial charge >= 0.3 is 0 Å². The average molecular weight is 409 g/mol. The van der Waals surface area contributed by atoms with E-state index < -0.39 is 6.04 Å². The van der Waals surface area contributed by atoms with Gasteiger partial charge < -0.3 is 20.0 Å². The third kappa shape index (κ3) is 4.25. The van der Waals surface area contributed by atoms with Gasteiger partial charge in [0.15, 0.2) is 5.76 Å². The zero-order valence-electron chi connectivity index (χ0n) is 16.9. The van der Waals surface area contributed by atoms with Crippen LogP contribution in [-0.2, 0) is 4.79 Å². The molecule has 2 aromatic rings. The molecule has 0 spiro atoms. The molecular formula is C23H27N3O4. The number of furan rings is 1. The molecule has 1 saturated carbocycles. The molecule has 3 amide bonds. The first-order valence-electron chi connectivity index (χ1n) is 10.6. The summed E-state index contributed by atoms with van der Waals surface area (Å²) in [5, 5.41) is 5.61. The highest BCUT2D eigenvalue weighted by molar-refractivity contribution is 5.98. The number of benzene rings is 1. The van der Waals surface area contributed by atoms with Crippen LogP contribution in [0.4, 0.5) is 0 Å². The second-order valence-electron chi connectivity index (χ2n) is 7.97. The van der Waals surface area contributed by atoms with Crippen LogP contribution in [0.5, 0.6) is 0 Å². The Kier molecular flexibility index (Phi) is 6.16. The first kappa shape index (κ1) is 20.2. The molecule has 1 aliphatic carbocycles. The van der Waals surface area contributed by atoms with Crippen LogP contribution in [0.3, 0.4) is 0 Å². The molecule has 3 atom stereocenters. The summed E-state index contributed by atoms with van der Waals surface area (Å²) in [4.78, 5) is 39.9. The van der Waals surface area contributed by atoms with Crippen LogP contribution in [0.25, 0.3) is 0 Å². The Morgan fingerprint density at radius 1 is 0.967 bits per heavy atom. The minimum atomic E-state index is -0.466. The van der Waals surface area contributed by atoms with Crippen molar-refractivity contribution in [1.82, 2.24) is 15.5 Å². The van der Waals surface area contributed by atoms with Crippen LogP contribution in [0.2, 0.25) is 0 Å². The van der Waals surface area contributed by atoms with E-state index >= 15 is 0 Å². The Labute approximate surface area is 175 Å². The lowest BCUT2D eigenvalue weighted by Crippen LogP contribution is -2.50. The molecule has 30 heavy (non-hydrogen) atoms. The predicted octanol–water partition coefficient (Wildman–Crippen LogP) is 2.60. The van der Waals surface area contributed by atoms with Crippen LogP contribution < -0.4 is 10.6 Å². The Morgan fingerprint density at radius 2 is 1.73 bits per heavy atom. The normalized spacial score (nSPS) is 22.9. The molecular weight excluding hydrogens is 382 g/mol. The molecule has 4 rings (SSSR count). The van der Waals surface area contributed by atoms with E-state index in [9.17, 15) is 14.4 Å². The number of fused-ring (bicyclic) bond motifs is 1. The lowest BCUT2D eigenvalue weighted by molar-refractivity contribution is -0.125. The molecule has 2 heterocycles. The Hall–Kier alpha value is -3.09. The van der Waals surface area contributed by atoms with E-state index in [0.717, 1.165) is 25.7 Å². The van der Waals surface area contributed by atoms with E-state index in [1.807, 2.05) is 23.1 Å². The number of likely N-dealkylation sites (tertiary alicyclic amines) is 1. The predicted molar refractivity (Wildman–Crippen MR) is 111 cm³/mol. The molecule has 158 valence electrons. The fourth-order valence-electron chi connectivity index (χ4n) is 4.69. The smallest absolute Gasteiger partial charge is 0.287 e. The molecule has 0 radical (unpaired) electrons. The molecule has 1 aliphatic heterocycles. The van der Waals surface area contributed by atoms with Gasteiger partial charge in [-0.25, -0.2) is 0 Å². The van der Waals surface area contributed by atoms with Crippen molar-refractivity contribution < 1.29 is 18.8 Å². The minimum Gasteiger partial charge on any atom is -0.459 e. The molecule has 2 fully saturated rings. The summed E-state index contributed by atoms with van der Waals surface area (Å²) in [5.41, 5.74) is 0.618. The second-order valence-corrected chi connectivity index (χ2v) is 7.97. The van der Waals surface area contributed by atoms with E-state index in [4.69, 9.17) is 4.42 Å². The van der Waals surface area contributed by atoms with Gasteiger partial charge in [-0.2, -0.15) is 0 Å². The molecule has 1 aromatic heterocycles. The van der Waals surface area contributed by atoms with Crippen LogP contribution in [0.1, 0.15) is 53.0 Å². The SMILES string of the molecule is O=C(NCCNC(=O)C1CC2CCCCC2N1C(=O)c1ccccc1)c1ccco1. The van der Waals surface area contributed by atoms with Gasteiger partial charge in [0.1, 0.15) is 6.04 Å². The second kappa shape index (κ2) is 9.15. The van der Waals surface area contributed by atoms with E-state index in [-0.39, 0.29) is 36.1 Å². The van der Waals surface area contributed by atoms with Crippen molar-refractivity contribution in [2.45, 2.75) is 44.2 Å². The Bertz CT molecular complexity index is 881. The highest BCUT2D eigenvalue weighted by atomic mass is 16.3. The third-order valence-electron chi connectivity index (χ3n) is 6.10. The number of carbonyl (C=O) groups is 3. The topological polar surface area (TPSA) is 91.7 Å². The molecule has 7 heteroatoms. The summed E-state index contributed by atoms with van der Waals surface area (Å²) < 4.78 is 5.05. The van der Waals surface area contributed by atoms with Crippen LogP contribution in [0.15, 0.2) is 53.1 Å². The monoisotopic (exact) mass is 409 g/mol. The number of nitrogens with one attached hydrogen (secondary N) is 2. The fraction of sp³-hybridized carbons (Fsp3) is 0.435. The van der Waals surface area contributed by atoms with E-state index in [0.29, 0.717) is 24.4 Å². The standard InChI is InChI=1S/C23H27N3O4/c27-21(24-12-13-25-22(28)20-11-6-14-30-20)19-15-17-9-4-5-10-18(17)26(19)23(29)16-7-2-1-3-8-16/h1-3,6-8,11,14,17-19H,4-5,9-10,12-13,15H2,(H,24,27)(H,25,28). The number of hydrogen-bond donors (Lipinski definition) is 2. The average Bonchev–Trinajstić information content (AvgIpc) is 3.45. The highest BCUT2D eigenvalue weighted by Crippen LogP contribution is 2.40. The summed E-state index contributed by atoms with van der Waals surface area (Å²) in [6.07, 6.45) is 6.40. The summed E-state index contributed by atoms with van der Waals surface area (Å²) in [6.45, 7) is 0.585. The molecule has 1 saturated heterocycles. The van der Waals surface area contributed by atoms with E-state index in [1.165, 1.54) is 6.26 Å². The maximum atomic E-state index is 13.2. The fourth-order valence-corrected chi connectivity index (χ4v) is 4.69. The van der Waals surface area contributed by atoms with Crippen molar-refractivity contribution in [1.29, 1.82) is 0 Å². The van der Waals surface area contributed by atoms with Gasteiger partial charge in [0.05, 0.1) is 6.26 Å². The highest BCUT2D eigenvalue weighted by Gasteiger charge is 2.47. The largest absolute Gasteiger partial charge is 0.459 e. The lowest BCUT2D eigenvalue weighted by atomic mass is 9.84. The minimum absolute atomic E-state index is 0.0729.